The van der Waals surface area contributed by atoms with E-state index in [9.17, 15) is 0 Å². The number of rotatable bonds is 2. The van der Waals surface area contributed by atoms with Gasteiger partial charge >= 0.3 is 0 Å². The third kappa shape index (κ3) is 6.27. The first-order chi connectivity index (χ1) is 3.13. The number of nitrogens with zero attached hydrogens (tertiary/aromatic N) is 1. The molecule has 1 atom stereocenters. The molecule has 44 valence electrons. The first-order valence-corrected chi connectivity index (χ1v) is 2.61. The van der Waals surface area contributed by atoms with Gasteiger partial charge in [0, 0.05) is 6.54 Å². The summed E-state index contributed by atoms with van der Waals surface area (Å²) in [6.45, 7) is 2.34. The van der Waals surface area contributed by atoms with Crippen molar-refractivity contribution in [2.45, 2.75) is 13.0 Å². The first kappa shape index (κ1) is 7.27. The smallest absolute Gasteiger partial charge is 0.0648 e. The lowest BCUT2D eigenvalue weighted by Gasteiger charge is -2.08. The average Bonchev–Trinajstić information content (AvgIpc) is 1.27. The largest absolute Gasteiger partial charge is 0.392 e. The Kier molecular flexibility index (Phi) is 3.42. The molecule has 0 saturated heterocycles. The molecular weight excluding hydrogens is 110 g/mol. The van der Waals surface area contributed by atoms with Crippen LogP contribution in [0.3, 0.4) is 0 Å². The second-order valence-electron chi connectivity index (χ2n) is 1.69. The van der Waals surface area contributed by atoms with E-state index < -0.39 is 0 Å². The lowest BCUT2D eigenvalue weighted by molar-refractivity contribution is 0.175. The summed E-state index contributed by atoms with van der Waals surface area (Å²) in [4.78, 5) is 0. The zero-order valence-corrected chi connectivity index (χ0v) is 5.52. The normalized spacial score (nSPS) is 15.0. The Bertz CT molecular complexity index is 41.0. The van der Waals surface area contributed by atoms with E-state index >= 15 is 0 Å². The number of hydrogen-bond donors (Lipinski definition) is 2. The molecule has 0 radical (unpaired) electrons. The van der Waals surface area contributed by atoms with E-state index in [1.807, 2.05) is 0 Å². The third-order valence-corrected chi connectivity index (χ3v) is 0.692. The van der Waals surface area contributed by atoms with Gasteiger partial charge in [-0.25, -0.2) is 0 Å². The van der Waals surface area contributed by atoms with Gasteiger partial charge in [0.15, 0.2) is 0 Å². The summed E-state index contributed by atoms with van der Waals surface area (Å²) < 4.78 is 1.64. The van der Waals surface area contributed by atoms with Crippen LogP contribution in [0.2, 0.25) is 0 Å². The SMILES string of the molecule is CC(O)CN(C)S. The van der Waals surface area contributed by atoms with E-state index in [0.717, 1.165) is 0 Å². The topological polar surface area (TPSA) is 23.5 Å². The van der Waals surface area contributed by atoms with Gasteiger partial charge in [-0.05, 0) is 14.0 Å². The van der Waals surface area contributed by atoms with Crippen LogP contribution < -0.4 is 0 Å². The van der Waals surface area contributed by atoms with Gasteiger partial charge in [0.2, 0.25) is 0 Å². The molecular formula is C4H11NOS. The van der Waals surface area contributed by atoms with Crippen LogP contribution in [0.5, 0.6) is 0 Å². The molecule has 0 aromatic carbocycles. The van der Waals surface area contributed by atoms with Crippen molar-refractivity contribution in [3.8, 4) is 0 Å². The molecule has 0 saturated carbocycles. The highest BCUT2D eigenvalue weighted by atomic mass is 32.1. The van der Waals surface area contributed by atoms with Crippen molar-refractivity contribution < 1.29 is 5.11 Å². The quantitative estimate of drug-likeness (QED) is 0.508. The molecule has 0 fully saturated rings. The molecule has 0 aliphatic rings. The van der Waals surface area contributed by atoms with Crippen LogP contribution in [0.1, 0.15) is 6.92 Å². The Morgan fingerprint density at radius 2 is 2.29 bits per heavy atom. The molecule has 2 nitrogen and oxygen atoms in total. The van der Waals surface area contributed by atoms with Gasteiger partial charge in [-0.1, -0.05) is 12.8 Å². The van der Waals surface area contributed by atoms with Gasteiger partial charge < -0.3 is 5.11 Å². The predicted octanol–water partition coefficient (Wildman–Crippen LogP) is 0.144. The molecule has 0 aliphatic heterocycles. The molecule has 7 heavy (non-hydrogen) atoms. The minimum Gasteiger partial charge on any atom is -0.392 e. The van der Waals surface area contributed by atoms with Crippen LogP contribution in [0.4, 0.5) is 0 Å². The zero-order chi connectivity index (χ0) is 5.86. The standard InChI is InChI=1S/C4H11NOS/c1-4(6)3-5(2)7/h4,6-7H,3H2,1-2H3. The maximum Gasteiger partial charge on any atom is 0.0648 e. The van der Waals surface area contributed by atoms with Crippen molar-refractivity contribution >= 4 is 12.8 Å². The molecule has 0 heterocycles. The Morgan fingerprint density at radius 1 is 1.86 bits per heavy atom. The molecule has 0 rings (SSSR count). The third-order valence-electron chi connectivity index (χ3n) is 0.528. The average molecular weight is 121 g/mol. The van der Waals surface area contributed by atoms with Crippen molar-refractivity contribution in [3.63, 3.8) is 0 Å². The molecule has 0 amide bonds. The van der Waals surface area contributed by atoms with Crippen molar-refractivity contribution in [1.29, 1.82) is 0 Å². The van der Waals surface area contributed by atoms with Gasteiger partial charge in [0.05, 0.1) is 6.10 Å². The summed E-state index contributed by atoms with van der Waals surface area (Å²) in [5.41, 5.74) is 0. The van der Waals surface area contributed by atoms with Crippen molar-refractivity contribution in [2.75, 3.05) is 13.6 Å². The highest BCUT2D eigenvalue weighted by molar-refractivity contribution is 7.77. The molecule has 0 spiro atoms. The molecule has 3 heteroatoms. The minimum absolute atomic E-state index is 0.275. The van der Waals surface area contributed by atoms with Gasteiger partial charge in [-0.3, -0.25) is 4.31 Å². The number of aliphatic hydroxyl groups excluding tert-OH is 1. The highest BCUT2D eigenvalue weighted by Crippen LogP contribution is 1.88. The van der Waals surface area contributed by atoms with Crippen LogP contribution >= 0.6 is 12.8 Å². The van der Waals surface area contributed by atoms with Crippen molar-refractivity contribution in [3.05, 3.63) is 0 Å². The van der Waals surface area contributed by atoms with Crippen molar-refractivity contribution in [1.82, 2.24) is 4.31 Å². The van der Waals surface area contributed by atoms with Crippen LogP contribution in [-0.2, 0) is 0 Å². The first-order valence-electron chi connectivity index (χ1n) is 2.21. The van der Waals surface area contributed by atoms with Crippen LogP contribution in [-0.4, -0.2) is 29.1 Å². The summed E-state index contributed by atoms with van der Waals surface area (Å²) >= 11 is 3.91. The number of thiol groups is 1. The maximum atomic E-state index is 8.63. The molecule has 0 aromatic rings. The van der Waals surface area contributed by atoms with E-state index in [1.54, 1.807) is 18.3 Å². The van der Waals surface area contributed by atoms with E-state index in [1.165, 1.54) is 0 Å². The fourth-order valence-corrected chi connectivity index (χ4v) is 0.619. The Labute approximate surface area is 49.7 Å². The Balaban J connectivity index is 2.95. The fourth-order valence-electron chi connectivity index (χ4n) is 0.382. The highest BCUT2D eigenvalue weighted by Gasteiger charge is 1.94. The second-order valence-corrected chi connectivity index (χ2v) is 2.37. The van der Waals surface area contributed by atoms with E-state index in [2.05, 4.69) is 12.8 Å². The van der Waals surface area contributed by atoms with Crippen LogP contribution in [0, 0.1) is 0 Å². The van der Waals surface area contributed by atoms with Gasteiger partial charge in [0.25, 0.3) is 0 Å². The Morgan fingerprint density at radius 3 is 2.29 bits per heavy atom. The monoisotopic (exact) mass is 121 g/mol. The second kappa shape index (κ2) is 3.29. The van der Waals surface area contributed by atoms with Gasteiger partial charge in [-0.2, -0.15) is 0 Å². The molecule has 1 unspecified atom stereocenters. The van der Waals surface area contributed by atoms with Gasteiger partial charge in [-0.15, -0.1) is 0 Å². The maximum absolute atomic E-state index is 8.63. The summed E-state index contributed by atoms with van der Waals surface area (Å²) in [6, 6.07) is 0. The summed E-state index contributed by atoms with van der Waals surface area (Å²) in [6.07, 6.45) is -0.275. The van der Waals surface area contributed by atoms with E-state index in [4.69, 9.17) is 5.11 Å². The van der Waals surface area contributed by atoms with E-state index in [-0.39, 0.29) is 6.10 Å². The fraction of sp³-hybridized carbons (Fsp3) is 1.00. The summed E-state index contributed by atoms with van der Waals surface area (Å²) in [5, 5.41) is 8.63. The number of likely N-dealkylation sites (N-methyl/N-ethyl adjacent to an activating group) is 1. The molecule has 0 aromatic heterocycles. The predicted molar refractivity (Wildman–Crippen MR) is 33.3 cm³/mol. The lowest BCUT2D eigenvalue weighted by atomic mass is 10.4. The van der Waals surface area contributed by atoms with E-state index in [0.29, 0.717) is 6.54 Å². The molecule has 0 aliphatic carbocycles. The Hall–Kier alpha value is 0.270. The van der Waals surface area contributed by atoms with Gasteiger partial charge in [0.1, 0.15) is 0 Å². The van der Waals surface area contributed by atoms with Crippen LogP contribution in [0.15, 0.2) is 0 Å². The lowest BCUT2D eigenvalue weighted by Crippen LogP contribution is -2.18. The number of aliphatic hydroxyl groups is 1. The van der Waals surface area contributed by atoms with Crippen molar-refractivity contribution in [2.24, 2.45) is 0 Å². The minimum atomic E-state index is -0.275. The summed E-state index contributed by atoms with van der Waals surface area (Å²) in [5.74, 6) is 0. The molecule has 1 N–H and O–H groups in total. The zero-order valence-electron chi connectivity index (χ0n) is 4.63. The molecule has 0 bridgehead atoms. The summed E-state index contributed by atoms with van der Waals surface area (Å²) in [7, 11) is 1.80. The van der Waals surface area contributed by atoms with Crippen LogP contribution in [0.25, 0.3) is 0 Å². The number of hydrogen-bond acceptors (Lipinski definition) is 3.